The zero-order valence-electron chi connectivity index (χ0n) is 9.49. The SMILES string of the molecule is CCC(CCN)CNc1nc[nH]c(=O)c1N. The molecule has 0 radical (unpaired) electrons. The summed E-state index contributed by atoms with van der Waals surface area (Å²) in [5.74, 6) is 0.921. The molecule has 0 amide bonds. The van der Waals surface area contributed by atoms with E-state index >= 15 is 0 Å². The van der Waals surface area contributed by atoms with Crippen LogP contribution in [0.4, 0.5) is 11.5 Å². The summed E-state index contributed by atoms with van der Waals surface area (Å²) in [5, 5.41) is 3.08. The number of rotatable bonds is 6. The average molecular weight is 225 g/mol. The third-order valence-corrected chi connectivity index (χ3v) is 2.60. The molecule has 0 spiro atoms. The van der Waals surface area contributed by atoms with Crippen molar-refractivity contribution in [3.63, 3.8) is 0 Å². The summed E-state index contributed by atoms with van der Waals surface area (Å²) < 4.78 is 0. The van der Waals surface area contributed by atoms with Gasteiger partial charge >= 0.3 is 0 Å². The zero-order chi connectivity index (χ0) is 12.0. The summed E-state index contributed by atoms with van der Waals surface area (Å²) in [6.45, 7) is 3.50. The fourth-order valence-corrected chi connectivity index (χ4v) is 1.48. The summed E-state index contributed by atoms with van der Waals surface area (Å²) in [7, 11) is 0. The minimum atomic E-state index is -0.315. The molecule has 0 saturated heterocycles. The van der Waals surface area contributed by atoms with Gasteiger partial charge < -0.3 is 21.8 Å². The highest BCUT2D eigenvalue weighted by molar-refractivity contribution is 5.58. The number of nitrogens with zero attached hydrogens (tertiary/aromatic N) is 1. The van der Waals surface area contributed by atoms with E-state index in [9.17, 15) is 4.79 Å². The van der Waals surface area contributed by atoms with E-state index in [0.717, 1.165) is 19.4 Å². The molecule has 0 bridgehead atoms. The zero-order valence-corrected chi connectivity index (χ0v) is 9.49. The van der Waals surface area contributed by atoms with Gasteiger partial charge in [0.15, 0.2) is 5.82 Å². The number of nitrogens with one attached hydrogen (secondary N) is 2. The molecule has 1 rings (SSSR count). The van der Waals surface area contributed by atoms with Crippen molar-refractivity contribution in [1.82, 2.24) is 9.97 Å². The number of anilines is 2. The minimum absolute atomic E-state index is 0.130. The highest BCUT2D eigenvalue weighted by Gasteiger charge is 2.08. The molecule has 0 aliphatic carbocycles. The fraction of sp³-hybridized carbons (Fsp3) is 0.600. The van der Waals surface area contributed by atoms with Crippen molar-refractivity contribution in [2.75, 3.05) is 24.1 Å². The Kier molecular flexibility index (Phi) is 4.78. The Labute approximate surface area is 94.5 Å². The lowest BCUT2D eigenvalue weighted by Crippen LogP contribution is -2.21. The van der Waals surface area contributed by atoms with Crippen LogP contribution in [0.25, 0.3) is 0 Å². The maximum atomic E-state index is 11.2. The molecule has 0 saturated carbocycles. The van der Waals surface area contributed by atoms with Crippen molar-refractivity contribution in [3.05, 3.63) is 16.7 Å². The van der Waals surface area contributed by atoms with Crippen LogP contribution in [0.1, 0.15) is 19.8 Å². The Morgan fingerprint density at radius 1 is 1.62 bits per heavy atom. The van der Waals surface area contributed by atoms with Gasteiger partial charge in [0.2, 0.25) is 0 Å². The van der Waals surface area contributed by atoms with Crippen LogP contribution in [0, 0.1) is 5.92 Å². The molecule has 1 heterocycles. The molecular formula is C10H19N5O. The second-order valence-corrected chi connectivity index (χ2v) is 3.73. The third-order valence-electron chi connectivity index (χ3n) is 2.60. The van der Waals surface area contributed by atoms with Gasteiger partial charge in [0.05, 0.1) is 6.33 Å². The number of hydrogen-bond donors (Lipinski definition) is 4. The number of hydrogen-bond acceptors (Lipinski definition) is 5. The number of aromatic nitrogens is 2. The summed E-state index contributed by atoms with van der Waals surface area (Å²) in [6, 6.07) is 0. The molecule has 0 aromatic carbocycles. The first-order chi connectivity index (χ1) is 7.69. The fourth-order valence-electron chi connectivity index (χ4n) is 1.48. The summed E-state index contributed by atoms with van der Waals surface area (Å²) in [5.41, 5.74) is 10.9. The van der Waals surface area contributed by atoms with Gasteiger partial charge in [-0.15, -0.1) is 0 Å². The van der Waals surface area contributed by atoms with Crippen LogP contribution in [0.3, 0.4) is 0 Å². The van der Waals surface area contributed by atoms with Crippen molar-refractivity contribution >= 4 is 11.5 Å². The van der Waals surface area contributed by atoms with Crippen molar-refractivity contribution in [3.8, 4) is 0 Å². The maximum absolute atomic E-state index is 11.2. The maximum Gasteiger partial charge on any atom is 0.276 e. The molecule has 0 aliphatic heterocycles. The molecule has 6 nitrogen and oxygen atoms in total. The van der Waals surface area contributed by atoms with E-state index < -0.39 is 0 Å². The van der Waals surface area contributed by atoms with Crippen LogP contribution < -0.4 is 22.3 Å². The van der Waals surface area contributed by atoms with Gasteiger partial charge in [-0.1, -0.05) is 13.3 Å². The van der Waals surface area contributed by atoms with Crippen LogP contribution in [-0.4, -0.2) is 23.1 Å². The second-order valence-electron chi connectivity index (χ2n) is 3.73. The van der Waals surface area contributed by atoms with Crippen molar-refractivity contribution < 1.29 is 0 Å². The van der Waals surface area contributed by atoms with Gasteiger partial charge in [-0.25, -0.2) is 4.98 Å². The van der Waals surface area contributed by atoms with Crippen molar-refractivity contribution in [2.24, 2.45) is 11.7 Å². The predicted octanol–water partition coefficient (Wildman–Crippen LogP) is 0.139. The highest BCUT2D eigenvalue weighted by Crippen LogP contribution is 2.11. The van der Waals surface area contributed by atoms with Gasteiger partial charge in [0.1, 0.15) is 5.69 Å². The Morgan fingerprint density at radius 2 is 2.38 bits per heavy atom. The predicted molar refractivity (Wildman–Crippen MR) is 65.2 cm³/mol. The molecule has 1 unspecified atom stereocenters. The molecule has 1 aromatic rings. The Bertz CT molecular complexity index is 376. The van der Waals surface area contributed by atoms with Crippen LogP contribution in [-0.2, 0) is 0 Å². The molecular weight excluding hydrogens is 206 g/mol. The van der Waals surface area contributed by atoms with Gasteiger partial charge in [0.25, 0.3) is 5.56 Å². The van der Waals surface area contributed by atoms with Gasteiger partial charge in [0, 0.05) is 6.54 Å². The summed E-state index contributed by atoms with van der Waals surface area (Å²) in [4.78, 5) is 17.6. The molecule has 6 N–H and O–H groups in total. The van der Waals surface area contributed by atoms with E-state index in [1.54, 1.807) is 0 Å². The molecule has 16 heavy (non-hydrogen) atoms. The lowest BCUT2D eigenvalue weighted by Gasteiger charge is -2.15. The van der Waals surface area contributed by atoms with Gasteiger partial charge in [-0.05, 0) is 18.9 Å². The number of nitrogen functional groups attached to an aromatic ring is 1. The highest BCUT2D eigenvalue weighted by atomic mass is 16.1. The Hall–Kier alpha value is -1.56. The van der Waals surface area contributed by atoms with Crippen molar-refractivity contribution in [1.29, 1.82) is 0 Å². The second kappa shape index (κ2) is 6.12. The van der Waals surface area contributed by atoms with E-state index in [2.05, 4.69) is 22.2 Å². The first-order valence-corrected chi connectivity index (χ1v) is 5.46. The lowest BCUT2D eigenvalue weighted by molar-refractivity contribution is 0.501. The number of nitrogens with two attached hydrogens (primary N) is 2. The van der Waals surface area contributed by atoms with Crippen LogP contribution in [0.15, 0.2) is 11.1 Å². The summed E-state index contributed by atoms with van der Waals surface area (Å²) >= 11 is 0. The van der Waals surface area contributed by atoms with Gasteiger partial charge in [-0.2, -0.15) is 0 Å². The Balaban J connectivity index is 2.60. The van der Waals surface area contributed by atoms with E-state index in [-0.39, 0.29) is 11.2 Å². The molecule has 1 atom stereocenters. The van der Waals surface area contributed by atoms with E-state index in [1.807, 2.05) is 0 Å². The average Bonchev–Trinajstić information content (AvgIpc) is 2.29. The topological polar surface area (TPSA) is 110 Å². The minimum Gasteiger partial charge on any atom is -0.391 e. The number of aromatic amines is 1. The van der Waals surface area contributed by atoms with Crippen LogP contribution in [0.5, 0.6) is 0 Å². The van der Waals surface area contributed by atoms with E-state index in [4.69, 9.17) is 11.5 Å². The smallest absolute Gasteiger partial charge is 0.276 e. The molecule has 90 valence electrons. The molecule has 6 heteroatoms. The van der Waals surface area contributed by atoms with Gasteiger partial charge in [-0.3, -0.25) is 4.79 Å². The van der Waals surface area contributed by atoms with E-state index in [0.29, 0.717) is 18.3 Å². The normalized spacial score (nSPS) is 12.4. The molecule has 0 fully saturated rings. The van der Waals surface area contributed by atoms with E-state index in [1.165, 1.54) is 6.33 Å². The van der Waals surface area contributed by atoms with Crippen LogP contribution in [0.2, 0.25) is 0 Å². The summed E-state index contributed by atoms with van der Waals surface area (Å²) in [6.07, 6.45) is 3.32. The first kappa shape index (κ1) is 12.5. The molecule has 1 aromatic heterocycles. The quantitative estimate of drug-likeness (QED) is 0.550. The standard InChI is InChI=1S/C10H19N5O/c1-2-7(3-4-11)5-13-9-8(12)10(16)15-6-14-9/h6-7H,2-5,11-12H2,1H3,(H2,13,14,15,16). The Morgan fingerprint density at radius 3 is 3.00 bits per heavy atom. The lowest BCUT2D eigenvalue weighted by atomic mass is 10.0. The number of H-pyrrole nitrogens is 1. The first-order valence-electron chi connectivity index (χ1n) is 5.46. The van der Waals surface area contributed by atoms with Crippen molar-refractivity contribution in [2.45, 2.75) is 19.8 Å². The monoisotopic (exact) mass is 225 g/mol. The van der Waals surface area contributed by atoms with Crippen LogP contribution >= 0.6 is 0 Å². The molecule has 0 aliphatic rings. The largest absolute Gasteiger partial charge is 0.391 e. The third kappa shape index (κ3) is 3.23.